The van der Waals surface area contributed by atoms with Gasteiger partial charge in [0.25, 0.3) is 0 Å². The number of hydrogen-bond donors (Lipinski definition) is 1. The van der Waals surface area contributed by atoms with Gasteiger partial charge in [0, 0.05) is 24.3 Å². The third kappa shape index (κ3) is 2.94. The van der Waals surface area contributed by atoms with E-state index in [1.54, 1.807) is 14.2 Å². The molecule has 4 heteroatoms. The summed E-state index contributed by atoms with van der Waals surface area (Å²) in [4.78, 5) is 0. The lowest BCUT2D eigenvalue weighted by molar-refractivity contribution is 0.171. The van der Waals surface area contributed by atoms with Gasteiger partial charge in [-0.25, -0.2) is 0 Å². The first kappa shape index (κ1) is 13.2. The summed E-state index contributed by atoms with van der Waals surface area (Å²) in [6, 6.07) is 5.84. The normalized spacial score (nSPS) is 23.1. The molecule has 0 aliphatic carbocycles. The summed E-state index contributed by atoms with van der Waals surface area (Å²) in [7, 11) is 3.36. The maximum absolute atomic E-state index is 5.43. The van der Waals surface area contributed by atoms with Gasteiger partial charge in [0.2, 0.25) is 0 Å². The number of hydrogen-bond acceptors (Lipinski definition) is 4. The Kier molecular flexibility index (Phi) is 4.09. The topological polar surface area (TPSA) is 39.7 Å². The smallest absolute Gasteiger partial charge is 0.123 e. The van der Waals surface area contributed by atoms with Gasteiger partial charge in [0.05, 0.1) is 20.8 Å². The van der Waals surface area contributed by atoms with E-state index < -0.39 is 0 Å². The van der Waals surface area contributed by atoms with Crippen LogP contribution in [0.5, 0.6) is 11.5 Å². The molecule has 1 N–H and O–H groups in total. The van der Waals surface area contributed by atoms with Crippen molar-refractivity contribution in [3.63, 3.8) is 0 Å². The molecule has 0 spiro atoms. The SMILES string of the molecule is COc1ccc(OC)c(CNC2(C)CCOC2)c1. The highest BCUT2D eigenvalue weighted by molar-refractivity contribution is 5.40. The Hall–Kier alpha value is -1.26. The van der Waals surface area contributed by atoms with E-state index >= 15 is 0 Å². The molecule has 4 nitrogen and oxygen atoms in total. The van der Waals surface area contributed by atoms with E-state index in [0.29, 0.717) is 0 Å². The molecule has 0 bridgehead atoms. The Balaban J connectivity index is 2.07. The molecule has 1 aliphatic rings. The Morgan fingerprint density at radius 2 is 2.17 bits per heavy atom. The van der Waals surface area contributed by atoms with Gasteiger partial charge in [-0.3, -0.25) is 0 Å². The van der Waals surface area contributed by atoms with Crippen molar-refractivity contribution in [2.24, 2.45) is 0 Å². The largest absolute Gasteiger partial charge is 0.497 e. The molecule has 1 fully saturated rings. The number of benzene rings is 1. The molecule has 0 amide bonds. The van der Waals surface area contributed by atoms with Crippen molar-refractivity contribution in [1.82, 2.24) is 5.32 Å². The first-order valence-electron chi connectivity index (χ1n) is 6.20. The van der Waals surface area contributed by atoms with Crippen molar-refractivity contribution in [2.45, 2.75) is 25.4 Å². The lowest BCUT2D eigenvalue weighted by Crippen LogP contribution is -2.42. The van der Waals surface area contributed by atoms with E-state index in [4.69, 9.17) is 14.2 Å². The molecule has 1 saturated heterocycles. The second kappa shape index (κ2) is 5.59. The van der Waals surface area contributed by atoms with Crippen molar-refractivity contribution in [2.75, 3.05) is 27.4 Å². The average molecular weight is 251 g/mol. The van der Waals surface area contributed by atoms with Crippen LogP contribution in [0.25, 0.3) is 0 Å². The number of ether oxygens (including phenoxy) is 3. The molecule has 0 aromatic heterocycles. The molecule has 0 radical (unpaired) electrons. The van der Waals surface area contributed by atoms with Gasteiger partial charge in [-0.05, 0) is 31.5 Å². The van der Waals surface area contributed by atoms with Gasteiger partial charge in [0.1, 0.15) is 11.5 Å². The average Bonchev–Trinajstić information content (AvgIpc) is 2.83. The second-order valence-electron chi connectivity index (χ2n) is 4.89. The standard InChI is InChI=1S/C14H21NO3/c1-14(6-7-18-10-14)15-9-11-8-12(16-2)4-5-13(11)17-3/h4-5,8,15H,6-7,9-10H2,1-3H3. The summed E-state index contributed by atoms with van der Waals surface area (Å²) >= 11 is 0. The minimum atomic E-state index is 0.0636. The Bertz CT molecular complexity index is 400. The Morgan fingerprint density at radius 3 is 2.78 bits per heavy atom. The number of rotatable bonds is 5. The zero-order valence-electron chi connectivity index (χ0n) is 11.3. The van der Waals surface area contributed by atoms with Crippen LogP contribution in [0.1, 0.15) is 18.9 Å². The van der Waals surface area contributed by atoms with E-state index in [-0.39, 0.29) is 5.54 Å². The summed E-state index contributed by atoms with van der Waals surface area (Å²) in [5.74, 6) is 1.73. The predicted molar refractivity (Wildman–Crippen MR) is 70.2 cm³/mol. The van der Waals surface area contributed by atoms with E-state index in [1.165, 1.54) is 0 Å². The monoisotopic (exact) mass is 251 g/mol. The summed E-state index contributed by atoms with van der Waals surface area (Å²) in [6.45, 7) is 4.53. The van der Waals surface area contributed by atoms with Crippen LogP contribution in [0.3, 0.4) is 0 Å². The van der Waals surface area contributed by atoms with E-state index in [1.807, 2.05) is 18.2 Å². The summed E-state index contributed by atoms with van der Waals surface area (Å²) in [5.41, 5.74) is 1.17. The maximum Gasteiger partial charge on any atom is 0.123 e. The molecule has 0 saturated carbocycles. The van der Waals surface area contributed by atoms with Gasteiger partial charge in [-0.2, -0.15) is 0 Å². The van der Waals surface area contributed by atoms with Crippen molar-refractivity contribution < 1.29 is 14.2 Å². The van der Waals surface area contributed by atoms with Crippen LogP contribution >= 0.6 is 0 Å². The lowest BCUT2D eigenvalue weighted by atomic mass is 10.0. The third-order valence-electron chi connectivity index (χ3n) is 3.41. The van der Waals surface area contributed by atoms with Crippen molar-refractivity contribution in [3.8, 4) is 11.5 Å². The van der Waals surface area contributed by atoms with Crippen LogP contribution in [-0.2, 0) is 11.3 Å². The highest BCUT2D eigenvalue weighted by Gasteiger charge is 2.29. The number of nitrogens with one attached hydrogen (secondary N) is 1. The highest BCUT2D eigenvalue weighted by atomic mass is 16.5. The van der Waals surface area contributed by atoms with Crippen molar-refractivity contribution in [3.05, 3.63) is 23.8 Å². The molecule has 1 heterocycles. The fraction of sp³-hybridized carbons (Fsp3) is 0.571. The van der Waals surface area contributed by atoms with E-state index in [2.05, 4.69) is 12.2 Å². The van der Waals surface area contributed by atoms with Gasteiger partial charge in [0.15, 0.2) is 0 Å². The molecule has 1 atom stereocenters. The van der Waals surface area contributed by atoms with Crippen LogP contribution in [0.4, 0.5) is 0 Å². The van der Waals surface area contributed by atoms with Crippen LogP contribution in [0.15, 0.2) is 18.2 Å². The van der Waals surface area contributed by atoms with Gasteiger partial charge in [-0.15, -0.1) is 0 Å². The quantitative estimate of drug-likeness (QED) is 0.868. The fourth-order valence-electron chi connectivity index (χ4n) is 2.14. The van der Waals surface area contributed by atoms with E-state index in [0.717, 1.165) is 43.2 Å². The Labute approximate surface area is 108 Å². The number of methoxy groups -OCH3 is 2. The summed E-state index contributed by atoms with van der Waals surface area (Å²) < 4.78 is 16.0. The van der Waals surface area contributed by atoms with Crippen LogP contribution in [-0.4, -0.2) is 33.0 Å². The molecule has 1 aromatic rings. The molecule has 2 rings (SSSR count). The highest BCUT2D eigenvalue weighted by Crippen LogP contribution is 2.25. The van der Waals surface area contributed by atoms with Crippen molar-refractivity contribution in [1.29, 1.82) is 0 Å². The van der Waals surface area contributed by atoms with Gasteiger partial charge in [-0.1, -0.05) is 0 Å². The van der Waals surface area contributed by atoms with Crippen LogP contribution in [0, 0.1) is 0 Å². The zero-order chi connectivity index (χ0) is 13.0. The molecule has 1 aromatic carbocycles. The fourth-order valence-corrected chi connectivity index (χ4v) is 2.14. The minimum Gasteiger partial charge on any atom is -0.497 e. The predicted octanol–water partition coefficient (Wildman–Crippen LogP) is 1.97. The molecule has 18 heavy (non-hydrogen) atoms. The van der Waals surface area contributed by atoms with Gasteiger partial charge < -0.3 is 19.5 Å². The van der Waals surface area contributed by atoms with Gasteiger partial charge >= 0.3 is 0 Å². The lowest BCUT2D eigenvalue weighted by Gasteiger charge is -2.24. The molecular formula is C14H21NO3. The molecular weight excluding hydrogens is 230 g/mol. The molecule has 1 unspecified atom stereocenters. The first-order valence-corrected chi connectivity index (χ1v) is 6.20. The van der Waals surface area contributed by atoms with Crippen LogP contribution in [0.2, 0.25) is 0 Å². The molecule has 100 valence electrons. The Morgan fingerprint density at radius 1 is 1.33 bits per heavy atom. The first-order chi connectivity index (χ1) is 8.67. The zero-order valence-corrected chi connectivity index (χ0v) is 11.3. The van der Waals surface area contributed by atoms with Crippen molar-refractivity contribution >= 4 is 0 Å². The maximum atomic E-state index is 5.43. The minimum absolute atomic E-state index is 0.0636. The molecule has 1 aliphatic heterocycles. The third-order valence-corrected chi connectivity index (χ3v) is 3.41. The summed E-state index contributed by atoms with van der Waals surface area (Å²) in [5, 5.41) is 3.54. The summed E-state index contributed by atoms with van der Waals surface area (Å²) in [6.07, 6.45) is 1.04. The van der Waals surface area contributed by atoms with Crippen LogP contribution < -0.4 is 14.8 Å². The van der Waals surface area contributed by atoms with E-state index in [9.17, 15) is 0 Å². The second-order valence-corrected chi connectivity index (χ2v) is 4.89.